The Bertz CT molecular complexity index is 801. The van der Waals surface area contributed by atoms with Gasteiger partial charge in [0.25, 0.3) is 5.91 Å². The second-order valence-electron chi connectivity index (χ2n) is 7.89. The van der Waals surface area contributed by atoms with Gasteiger partial charge >= 0.3 is 0 Å². The van der Waals surface area contributed by atoms with Crippen molar-refractivity contribution in [1.29, 1.82) is 0 Å². The van der Waals surface area contributed by atoms with E-state index in [4.69, 9.17) is 5.10 Å². The van der Waals surface area contributed by atoms with Crippen LogP contribution in [0.25, 0.3) is 5.69 Å². The maximum atomic E-state index is 12.9. The first-order valence-electron chi connectivity index (χ1n) is 10.0. The minimum atomic E-state index is 0.0164. The van der Waals surface area contributed by atoms with E-state index in [1.165, 1.54) is 18.5 Å². The van der Waals surface area contributed by atoms with Crippen molar-refractivity contribution in [2.45, 2.75) is 57.0 Å². The average Bonchev–Trinajstić information content (AvgIpc) is 3.30. The minimum absolute atomic E-state index is 0.0164. The molecule has 2 aliphatic carbocycles. The Kier molecular flexibility index (Phi) is 4.04. The summed E-state index contributed by atoms with van der Waals surface area (Å²) >= 11 is 0. The first-order valence-corrected chi connectivity index (χ1v) is 10.0. The van der Waals surface area contributed by atoms with E-state index in [0.717, 1.165) is 62.5 Å². The molecule has 0 atom stereocenters. The van der Waals surface area contributed by atoms with Crippen molar-refractivity contribution in [2.75, 3.05) is 13.1 Å². The number of amides is 1. The predicted octanol–water partition coefficient (Wildman–Crippen LogP) is 2.72. The number of carbonyl (C=O) groups is 1. The molecule has 5 nitrogen and oxygen atoms in total. The molecule has 1 N–H and O–H groups in total. The van der Waals surface area contributed by atoms with Crippen LogP contribution in [0.4, 0.5) is 0 Å². The molecule has 2 fully saturated rings. The van der Waals surface area contributed by atoms with Crippen molar-refractivity contribution in [1.82, 2.24) is 20.0 Å². The van der Waals surface area contributed by atoms with Gasteiger partial charge in [0.15, 0.2) is 5.69 Å². The predicted molar refractivity (Wildman–Crippen MR) is 101 cm³/mol. The van der Waals surface area contributed by atoms with Gasteiger partial charge in [-0.2, -0.15) is 5.10 Å². The average molecular weight is 350 g/mol. The summed E-state index contributed by atoms with van der Waals surface area (Å²) in [6.45, 7) is 2.23. The molecule has 0 bridgehead atoms. The van der Waals surface area contributed by atoms with Crippen LogP contribution >= 0.6 is 0 Å². The van der Waals surface area contributed by atoms with Crippen LogP contribution in [0.15, 0.2) is 30.3 Å². The highest BCUT2D eigenvalue weighted by Gasteiger charge is 2.33. The highest BCUT2D eigenvalue weighted by atomic mass is 16.2. The lowest BCUT2D eigenvalue weighted by Crippen LogP contribution is -2.45. The molecule has 5 rings (SSSR count). The fourth-order valence-electron chi connectivity index (χ4n) is 4.50. The van der Waals surface area contributed by atoms with Gasteiger partial charge in [-0.15, -0.1) is 0 Å². The summed E-state index contributed by atoms with van der Waals surface area (Å²) in [5, 5.41) is 7.98. The first kappa shape index (κ1) is 16.1. The Labute approximate surface area is 154 Å². The summed E-state index contributed by atoms with van der Waals surface area (Å²) in [6, 6.07) is 11.3. The molecule has 1 aromatic heterocycles. The van der Waals surface area contributed by atoms with Crippen molar-refractivity contribution in [3.05, 3.63) is 47.3 Å². The third-order valence-electron chi connectivity index (χ3n) is 6.07. The smallest absolute Gasteiger partial charge is 0.272 e. The van der Waals surface area contributed by atoms with Crippen LogP contribution in [0, 0.1) is 0 Å². The summed E-state index contributed by atoms with van der Waals surface area (Å²) in [5.74, 6) is 0.0164. The van der Waals surface area contributed by atoms with Crippen molar-refractivity contribution >= 4 is 5.91 Å². The van der Waals surface area contributed by atoms with Crippen molar-refractivity contribution in [3.63, 3.8) is 0 Å². The molecule has 0 spiro atoms. The third kappa shape index (κ3) is 2.94. The zero-order chi connectivity index (χ0) is 17.5. The summed E-state index contributed by atoms with van der Waals surface area (Å²) in [4.78, 5) is 15.5. The molecule has 5 heteroatoms. The fraction of sp³-hybridized carbons (Fsp3) is 0.524. The Balaban J connectivity index is 1.33. The van der Waals surface area contributed by atoms with Gasteiger partial charge in [0.2, 0.25) is 0 Å². The van der Waals surface area contributed by atoms with Gasteiger partial charge in [0, 0.05) is 36.4 Å². The Morgan fingerprint density at radius 2 is 1.81 bits per heavy atom. The van der Waals surface area contributed by atoms with E-state index in [0.29, 0.717) is 5.69 Å². The second-order valence-corrected chi connectivity index (χ2v) is 7.89. The number of piperidine rings is 1. The van der Waals surface area contributed by atoms with Gasteiger partial charge in [-0.1, -0.05) is 18.2 Å². The third-order valence-corrected chi connectivity index (χ3v) is 6.07. The molecular weight excluding hydrogens is 324 g/mol. The van der Waals surface area contributed by atoms with Crippen LogP contribution in [0.2, 0.25) is 0 Å². The van der Waals surface area contributed by atoms with Crippen LogP contribution in [0.5, 0.6) is 0 Å². The minimum Gasteiger partial charge on any atom is -0.348 e. The number of nitrogens with one attached hydrogen (secondary N) is 1. The van der Waals surface area contributed by atoms with Gasteiger partial charge in [-0.3, -0.25) is 4.79 Å². The number of fused-ring (bicyclic) bond motifs is 1. The standard InChI is InChI=1S/C21H26N4O/c26-21(22-15-11-13-24(14-12-15)16-9-10-16)20-18-7-4-8-19(18)25(23-20)17-5-2-1-3-6-17/h1-3,5-6,15-16H,4,7-14H2,(H,22,26). The van der Waals surface area contributed by atoms with Gasteiger partial charge in [-0.25, -0.2) is 4.68 Å². The summed E-state index contributed by atoms with van der Waals surface area (Å²) in [6.07, 6.45) is 7.92. The van der Waals surface area contributed by atoms with Gasteiger partial charge in [0.05, 0.1) is 5.69 Å². The number of likely N-dealkylation sites (tertiary alicyclic amines) is 1. The highest BCUT2D eigenvalue weighted by Crippen LogP contribution is 2.30. The second kappa shape index (κ2) is 6.54. The number of hydrogen-bond acceptors (Lipinski definition) is 3. The molecule has 1 aliphatic heterocycles. The number of benzene rings is 1. The number of nitrogens with zero attached hydrogens (tertiary/aromatic N) is 3. The SMILES string of the molecule is O=C(NC1CCN(C2CC2)CC1)c1nn(-c2ccccc2)c2c1CCC2. The maximum Gasteiger partial charge on any atom is 0.272 e. The van der Waals surface area contributed by atoms with Crippen LogP contribution < -0.4 is 5.32 Å². The summed E-state index contributed by atoms with van der Waals surface area (Å²) in [7, 11) is 0. The molecule has 1 amide bonds. The molecule has 136 valence electrons. The van der Waals surface area contributed by atoms with Gasteiger partial charge in [-0.05, 0) is 57.1 Å². The normalized spacial score (nSPS) is 20.9. The first-order chi connectivity index (χ1) is 12.8. The monoisotopic (exact) mass is 350 g/mol. The fourth-order valence-corrected chi connectivity index (χ4v) is 4.50. The molecule has 1 saturated carbocycles. The lowest BCUT2D eigenvalue weighted by molar-refractivity contribution is 0.0902. The molecule has 2 heterocycles. The van der Waals surface area contributed by atoms with Crippen molar-refractivity contribution < 1.29 is 4.79 Å². The van der Waals surface area contributed by atoms with E-state index in [9.17, 15) is 4.79 Å². The molecule has 0 radical (unpaired) electrons. The zero-order valence-electron chi connectivity index (χ0n) is 15.2. The summed E-state index contributed by atoms with van der Waals surface area (Å²) < 4.78 is 1.98. The van der Waals surface area contributed by atoms with Gasteiger partial charge in [0.1, 0.15) is 0 Å². The van der Waals surface area contributed by atoms with Crippen LogP contribution in [0.3, 0.4) is 0 Å². The molecule has 3 aliphatic rings. The zero-order valence-corrected chi connectivity index (χ0v) is 15.2. The van der Waals surface area contributed by atoms with Crippen molar-refractivity contribution in [2.24, 2.45) is 0 Å². The van der Waals surface area contributed by atoms with E-state index in [-0.39, 0.29) is 11.9 Å². The van der Waals surface area contributed by atoms with Crippen LogP contribution in [-0.4, -0.2) is 45.8 Å². The van der Waals surface area contributed by atoms with E-state index < -0.39 is 0 Å². The number of para-hydroxylation sites is 1. The quantitative estimate of drug-likeness (QED) is 0.922. The van der Waals surface area contributed by atoms with Crippen molar-refractivity contribution in [3.8, 4) is 5.69 Å². The summed E-state index contributed by atoms with van der Waals surface area (Å²) in [5.41, 5.74) is 4.06. The number of hydrogen-bond donors (Lipinski definition) is 1. The molecular formula is C21H26N4O. The maximum absolute atomic E-state index is 12.9. The molecule has 2 aromatic rings. The number of rotatable bonds is 4. The van der Waals surface area contributed by atoms with E-state index in [2.05, 4.69) is 22.3 Å². The largest absolute Gasteiger partial charge is 0.348 e. The topological polar surface area (TPSA) is 50.2 Å². The highest BCUT2D eigenvalue weighted by molar-refractivity contribution is 5.94. The Hall–Kier alpha value is -2.14. The molecule has 0 unspecified atom stereocenters. The Morgan fingerprint density at radius 1 is 1.04 bits per heavy atom. The van der Waals surface area contributed by atoms with Crippen LogP contribution in [-0.2, 0) is 12.8 Å². The van der Waals surface area contributed by atoms with E-state index in [1.807, 2.05) is 22.9 Å². The number of aromatic nitrogens is 2. The molecule has 1 aromatic carbocycles. The lowest BCUT2D eigenvalue weighted by Gasteiger charge is -2.32. The van der Waals surface area contributed by atoms with E-state index >= 15 is 0 Å². The van der Waals surface area contributed by atoms with Crippen LogP contribution in [0.1, 0.15) is 53.8 Å². The molecule has 26 heavy (non-hydrogen) atoms. The molecule has 1 saturated heterocycles. The van der Waals surface area contributed by atoms with E-state index in [1.54, 1.807) is 0 Å². The lowest BCUT2D eigenvalue weighted by atomic mass is 10.0. The van der Waals surface area contributed by atoms with Gasteiger partial charge < -0.3 is 10.2 Å². The Morgan fingerprint density at radius 3 is 2.54 bits per heavy atom. The number of carbonyl (C=O) groups excluding carboxylic acids is 1.